The number of aliphatic hydroxyl groups excluding tert-OH is 1. The van der Waals surface area contributed by atoms with Gasteiger partial charge in [0.25, 0.3) is 0 Å². The third-order valence-corrected chi connectivity index (χ3v) is 0.428. The molecule has 8 heteroatoms. The Hall–Kier alpha value is 0.796. The number of rotatable bonds is 1. The molecule has 0 spiro atoms. The van der Waals surface area contributed by atoms with Crippen molar-refractivity contribution in [1.29, 1.82) is 5.26 Å². The summed E-state index contributed by atoms with van der Waals surface area (Å²) < 4.78 is 29.3. The molecule has 6 nitrogen and oxygen atoms in total. The van der Waals surface area contributed by atoms with Crippen molar-refractivity contribution in [2.75, 3.05) is 7.11 Å². The van der Waals surface area contributed by atoms with E-state index in [4.69, 9.17) is 14.9 Å². The summed E-state index contributed by atoms with van der Waals surface area (Å²) in [6.07, 6.45) is 0.770. The summed E-state index contributed by atoms with van der Waals surface area (Å²) in [4.78, 5) is 0. The van der Waals surface area contributed by atoms with Crippen LogP contribution in [0.3, 0.4) is 0 Å². The Morgan fingerprint density at radius 2 is 1.80 bits per heavy atom. The van der Waals surface area contributed by atoms with Gasteiger partial charge in [0.2, 0.25) is 0 Å². The second-order valence-corrected chi connectivity index (χ2v) is 1.62. The Morgan fingerprint density at radius 3 is 1.80 bits per heavy atom. The van der Waals surface area contributed by atoms with Gasteiger partial charge in [-0.1, -0.05) is 0 Å². The van der Waals surface area contributed by atoms with Crippen LogP contribution in [0.2, 0.25) is 0 Å². The first kappa shape index (κ1) is 17.0. The quantitative estimate of drug-likeness (QED) is 0.299. The summed E-state index contributed by atoms with van der Waals surface area (Å²) in [7, 11) is -3.54. The average Bonchev–Trinajstić information content (AvgIpc) is 1.69. The third-order valence-electron chi connectivity index (χ3n) is 0.143. The second kappa shape index (κ2) is 9.80. The second-order valence-electron chi connectivity index (χ2n) is 0.602. The van der Waals surface area contributed by atoms with Crippen molar-refractivity contribution in [3.8, 4) is 6.26 Å². The molecule has 0 heterocycles. The van der Waals surface area contributed by atoms with E-state index < -0.39 is 10.4 Å². The molecular formula is C2H5KNO5S. The molecule has 1 radical (unpaired) electrons. The minimum atomic E-state index is -4.54. The smallest absolute Gasteiger partial charge is 0.400 e. The van der Waals surface area contributed by atoms with Gasteiger partial charge >= 0.3 is 16.7 Å². The van der Waals surface area contributed by atoms with Gasteiger partial charge in [0.1, 0.15) is 0 Å². The van der Waals surface area contributed by atoms with Gasteiger partial charge in [-0.2, -0.15) is 8.42 Å². The Labute approximate surface area is 101 Å². The van der Waals surface area contributed by atoms with Gasteiger partial charge in [0.05, 0.1) is 0 Å². The summed E-state index contributed by atoms with van der Waals surface area (Å²) in [5.74, 6) is 0. The zero-order valence-electron chi connectivity index (χ0n) is 5.47. The number of nitrogens with zero attached hydrogens (tertiary/aromatic N) is 1. The van der Waals surface area contributed by atoms with E-state index in [2.05, 4.69) is 4.18 Å². The van der Waals surface area contributed by atoms with E-state index >= 15 is 0 Å². The number of nitriles is 1. The Balaban J connectivity index is -0.000000149. The van der Waals surface area contributed by atoms with Crippen LogP contribution in [0.4, 0.5) is 0 Å². The van der Waals surface area contributed by atoms with Crippen LogP contribution in [-0.2, 0) is 14.6 Å². The molecule has 2 N–H and O–H groups in total. The molecule has 0 saturated carbocycles. The molecule has 0 unspecified atom stereocenters. The van der Waals surface area contributed by atoms with Crippen molar-refractivity contribution in [3.63, 3.8) is 0 Å². The maximum absolute atomic E-state index is 9.34. The van der Waals surface area contributed by atoms with Gasteiger partial charge in [-0.15, -0.1) is 5.26 Å². The van der Waals surface area contributed by atoms with Crippen LogP contribution in [0.25, 0.3) is 0 Å². The van der Waals surface area contributed by atoms with Crippen LogP contribution < -0.4 is 0 Å². The Bertz CT molecular complexity index is 180. The normalized spacial score (nSPS) is 7.40. The van der Waals surface area contributed by atoms with E-state index in [1.54, 1.807) is 0 Å². The molecule has 10 heavy (non-hydrogen) atoms. The van der Waals surface area contributed by atoms with Crippen LogP contribution in [0, 0.1) is 11.5 Å². The fourth-order valence-electron chi connectivity index (χ4n) is 0.0471. The maximum atomic E-state index is 9.34. The SMILES string of the molecule is CO.N#COS(=O)(=O)O.[K]. The van der Waals surface area contributed by atoms with Crippen molar-refractivity contribution in [3.05, 3.63) is 0 Å². The average molecular weight is 194 g/mol. The van der Waals surface area contributed by atoms with Gasteiger partial charge < -0.3 is 5.11 Å². The van der Waals surface area contributed by atoms with Crippen molar-refractivity contribution in [2.24, 2.45) is 0 Å². The molecule has 0 aliphatic rings. The standard InChI is InChI=1S/CHNO4S.CH4O.K/c2-1-6-7(3,4)5;1-2;/h(H,3,4,5);2H,1H3;. The molecule has 0 amide bonds. The summed E-state index contributed by atoms with van der Waals surface area (Å²) in [5.41, 5.74) is 0. The van der Waals surface area contributed by atoms with Crippen LogP contribution in [0.5, 0.6) is 0 Å². The van der Waals surface area contributed by atoms with Crippen LogP contribution in [0.15, 0.2) is 0 Å². The molecule has 0 saturated heterocycles. The van der Waals surface area contributed by atoms with E-state index in [0.717, 1.165) is 13.4 Å². The molecule has 0 aromatic carbocycles. The molecular weight excluding hydrogens is 189 g/mol. The first-order chi connectivity index (χ1) is 4.06. The van der Waals surface area contributed by atoms with Crippen LogP contribution >= 0.6 is 0 Å². The number of hydrogen-bond donors (Lipinski definition) is 2. The van der Waals surface area contributed by atoms with Crippen molar-refractivity contribution in [2.45, 2.75) is 0 Å². The van der Waals surface area contributed by atoms with E-state index in [1.165, 1.54) is 0 Å². The predicted molar refractivity (Wildman–Crippen MR) is 32.1 cm³/mol. The van der Waals surface area contributed by atoms with Gasteiger partial charge in [0, 0.05) is 58.5 Å². The molecule has 0 atom stereocenters. The van der Waals surface area contributed by atoms with Gasteiger partial charge in [0.15, 0.2) is 0 Å². The fraction of sp³-hybridized carbons (Fsp3) is 0.500. The van der Waals surface area contributed by atoms with Gasteiger partial charge in [-0.25, -0.2) is 0 Å². The number of hydrogen-bond acceptors (Lipinski definition) is 5. The van der Waals surface area contributed by atoms with Gasteiger partial charge in [-0.05, 0) is 0 Å². The first-order valence-electron chi connectivity index (χ1n) is 1.56. The first-order valence-corrected chi connectivity index (χ1v) is 2.92. The molecule has 0 rings (SSSR count). The van der Waals surface area contributed by atoms with Crippen LogP contribution in [0.1, 0.15) is 0 Å². The zero-order valence-corrected chi connectivity index (χ0v) is 9.41. The minimum absolute atomic E-state index is 0. The number of aliphatic hydroxyl groups is 1. The molecule has 0 aliphatic heterocycles. The summed E-state index contributed by atoms with van der Waals surface area (Å²) in [5, 5.41) is 14.4. The predicted octanol–water partition coefficient (Wildman–Crippen LogP) is -1.49. The topological polar surface area (TPSA) is 108 Å². The van der Waals surface area contributed by atoms with E-state index in [0.29, 0.717) is 0 Å². The van der Waals surface area contributed by atoms with Gasteiger partial charge in [-0.3, -0.25) is 8.74 Å². The van der Waals surface area contributed by atoms with Crippen molar-refractivity contribution >= 4 is 61.8 Å². The summed E-state index contributed by atoms with van der Waals surface area (Å²) in [6, 6.07) is 0. The Kier molecular flexibility index (Phi) is 16.7. The molecule has 0 fully saturated rings. The van der Waals surface area contributed by atoms with Crippen LogP contribution in [-0.4, -0.2) is 76.6 Å². The summed E-state index contributed by atoms with van der Waals surface area (Å²) in [6.45, 7) is 0. The molecule has 0 aromatic rings. The summed E-state index contributed by atoms with van der Waals surface area (Å²) >= 11 is 0. The largest absolute Gasteiger partial charge is 0.456 e. The molecule has 0 aromatic heterocycles. The Morgan fingerprint density at radius 1 is 1.50 bits per heavy atom. The molecule has 0 bridgehead atoms. The minimum Gasteiger partial charge on any atom is -0.400 e. The van der Waals surface area contributed by atoms with Crippen molar-refractivity contribution < 1.29 is 22.3 Å². The third kappa shape index (κ3) is 23.2. The van der Waals surface area contributed by atoms with E-state index in [1.807, 2.05) is 0 Å². The van der Waals surface area contributed by atoms with E-state index in [-0.39, 0.29) is 51.4 Å². The molecule has 0 aliphatic carbocycles. The molecule has 55 valence electrons. The zero-order chi connectivity index (χ0) is 7.91. The maximum Gasteiger partial charge on any atom is 0.456 e. The van der Waals surface area contributed by atoms with Crippen molar-refractivity contribution in [1.82, 2.24) is 0 Å². The monoisotopic (exact) mass is 194 g/mol. The van der Waals surface area contributed by atoms with E-state index in [9.17, 15) is 8.42 Å². The fourth-order valence-corrected chi connectivity index (χ4v) is 0.141.